The van der Waals surface area contributed by atoms with Gasteiger partial charge in [0.2, 0.25) is 0 Å². The van der Waals surface area contributed by atoms with Gasteiger partial charge >= 0.3 is 0 Å². The highest BCUT2D eigenvalue weighted by atomic mass is 19.1. The van der Waals surface area contributed by atoms with Crippen molar-refractivity contribution >= 4 is 5.69 Å². The zero-order chi connectivity index (χ0) is 14.5. The molecule has 1 aromatic heterocycles. The van der Waals surface area contributed by atoms with Crippen molar-refractivity contribution in [1.82, 2.24) is 5.32 Å². The summed E-state index contributed by atoms with van der Waals surface area (Å²) in [5.41, 5.74) is 1.73. The fraction of sp³-hybridized carbons (Fsp3) is 0.375. The van der Waals surface area contributed by atoms with Crippen LogP contribution in [0.3, 0.4) is 0 Å². The Balaban J connectivity index is 2.20. The second-order valence-electron chi connectivity index (χ2n) is 4.79. The van der Waals surface area contributed by atoms with Gasteiger partial charge in [-0.2, -0.15) is 0 Å². The molecule has 0 unspecified atom stereocenters. The SMILES string of the molecule is CCN(Cc1cc(CNC)oc1C)c1ccccc1F. The maximum Gasteiger partial charge on any atom is 0.146 e. The van der Waals surface area contributed by atoms with Crippen LogP contribution in [-0.4, -0.2) is 13.6 Å². The number of anilines is 1. The quantitative estimate of drug-likeness (QED) is 0.875. The number of halogens is 1. The van der Waals surface area contributed by atoms with E-state index in [2.05, 4.69) is 5.32 Å². The van der Waals surface area contributed by atoms with Gasteiger partial charge in [0.1, 0.15) is 17.3 Å². The van der Waals surface area contributed by atoms with E-state index in [-0.39, 0.29) is 5.82 Å². The molecular weight excluding hydrogens is 255 g/mol. The zero-order valence-corrected chi connectivity index (χ0v) is 12.2. The topological polar surface area (TPSA) is 28.4 Å². The van der Waals surface area contributed by atoms with Crippen molar-refractivity contribution in [2.45, 2.75) is 26.9 Å². The van der Waals surface area contributed by atoms with Crippen LogP contribution in [0.15, 0.2) is 34.7 Å². The van der Waals surface area contributed by atoms with Gasteiger partial charge in [-0.25, -0.2) is 4.39 Å². The third-order valence-corrected chi connectivity index (χ3v) is 3.36. The molecule has 1 aromatic carbocycles. The zero-order valence-electron chi connectivity index (χ0n) is 12.2. The minimum absolute atomic E-state index is 0.189. The molecule has 3 nitrogen and oxygen atoms in total. The van der Waals surface area contributed by atoms with Gasteiger partial charge in [-0.15, -0.1) is 0 Å². The van der Waals surface area contributed by atoms with E-state index in [1.54, 1.807) is 6.07 Å². The molecular formula is C16H21FN2O. The Morgan fingerprint density at radius 3 is 2.70 bits per heavy atom. The summed E-state index contributed by atoms with van der Waals surface area (Å²) in [5.74, 6) is 1.61. The Morgan fingerprint density at radius 1 is 1.30 bits per heavy atom. The van der Waals surface area contributed by atoms with E-state index in [0.29, 0.717) is 18.8 Å². The molecule has 0 saturated heterocycles. The van der Waals surface area contributed by atoms with Gasteiger partial charge in [0, 0.05) is 18.7 Å². The van der Waals surface area contributed by atoms with Gasteiger partial charge in [0.15, 0.2) is 0 Å². The summed E-state index contributed by atoms with van der Waals surface area (Å²) in [7, 11) is 1.88. The standard InChI is InChI=1S/C16H21FN2O/c1-4-19(16-8-6-5-7-15(16)17)11-13-9-14(10-18-3)20-12(13)2/h5-9,18H,4,10-11H2,1-3H3. The average Bonchev–Trinajstić information content (AvgIpc) is 2.77. The molecule has 4 heteroatoms. The highest BCUT2D eigenvalue weighted by Gasteiger charge is 2.14. The maximum absolute atomic E-state index is 13.9. The molecule has 0 saturated carbocycles. The molecule has 0 radical (unpaired) electrons. The van der Waals surface area contributed by atoms with Crippen LogP contribution in [-0.2, 0) is 13.1 Å². The van der Waals surface area contributed by atoms with Crippen LogP contribution >= 0.6 is 0 Å². The van der Waals surface area contributed by atoms with Crippen molar-refractivity contribution in [2.75, 3.05) is 18.5 Å². The summed E-state index contributed by atoms with van der Waals surface area (Å²) in [4.78, 5) is 2.01. The van der Waals surface area contributed by atoms with Gasteiger partial charge in [-0.3, -0.25) is 0 Å². The van der Waals surface area contributed by atoms with E-state index >= 15 is 0 Å². The van der Waals surface area contributed by atoms with E-state index in [1.807, 2.05) is 44.0 Å². The molecule has 2 rings (SSSR count). The van der Waals surface area contributed by atoms with Gasteiger partial charge < -0.3 is 14.6 Å². The van der Waals surface area contributed by atoms with Crippen LogP contribution < -0.4 is 10.2 Å². The van der Waals surface area contributed by atoms with Crippen molar-refractivity contribution in [2.24, 2.45) is 0 Å². The summed E-state index contributed by atoms with van der Waals surface area (Å²) < 4.78 is 19.6. The predicted octanol–water partition coefficient (Wildman–Crippen LogP) is 3.47. The molecule has 0 aliphatic heterocycles. The predicted molar refractivity (Wildman–Crippen MR) is 79.3 cm³/mol. The summed E-state index contributed by atoms with van der Waals surface area (Å²) in [6.45, 7) is 6.07. The second kappa shape index (κ2) is 6.57. The third-order valence-electron chi connectivity index (χ3n) is 3.36. The summed E-state index contributed by atoms with van der Waals surface area (Å²) in [6.07, 6.45) is 0. The minimum atomic E-state index is -0.189. The largest absolute Gasteiger partial charge is 0.465 e. The van der Waals surface area contributed by atoms with Crippen molar-refractivity contribution in [3.63, 3.8) is 0 Å². The lowest BCUT2D eigenvalue weighted by atomic mass is 10.2. The van der Waals surface area contributed by atoms with E-state index in [4.69, 9.17) is 4.42 Å². The highest BCUT2D eigenvalue weighted by Crippen LogP contribution is 2.23. The number of rotatable bonds is 6. The Labute approximate surface area is 119 Å². The average molecular weight is 276 g/mol. The van der Waals surface area contributed by atoms with Crippen LogP contribution in [0.25, 0.3) is 0 Å². The first-order valence-corrected chi connectivity index (χ1v) is 6.88. The minimum Gasteiger partial charge on any atom is -0.465 e. The number of para-hydroxylation sites is 1. The first kappa shape index (κ1) is 14.6. The van der Waals surface area contributed by atoms with E-state index in [9.17, 15) is 4.39 Å². The van der Waals surface area contributed by atoms with Gasteiger partial charge in [-0.05, 0) is 39.1 Å². The normalized spacial score (nSPS) is 10.8. The van der Waals surface area contributed by atoms with Crippen LogP contribution in [0.2, 0.25) is 0 Å². The summed E-state index contributed by atoms with van der Waals surface area (Å²) in [5, 5.41) is 3.07. The maximum atomic E-state index is 13.9. The number of nitrogens with one attached hydrogen (secondary N) is 1. The van der Waals surface area contributed by atoms with Crippen LogP contribution in [0, 0.1) is 12.7 Å². The second-order valence-corrected chi connectivity index (χ2v) is 4.79. The summed E-state index contributed by atoms with van der Waals surface area (Å²) in [6, 6.07) is 8.90. The number of furan rings is 1. The fourth-order valence-electron chi connectivity index (χ4n) is 2.29. The lowest BCUT2D eigenvalue weighted by Gasteiger charge is -2.23. The molecule has 20 heavy (non-hydrogen) atoms. The number of hydrogen-bond donors (Lipinski definition) is 1. The third kappa shape index (κ3) is 3.20. The first-order valence-electron chi connectivity index (χ1n) is 6.88. The number of hydrogen-bond acceptors (Lipinski definition) is 3. The Kier molecular flexibility index (Phi) is 4.79. The molecule has 0 fully saturated rings. The molecule has 0 spiro atoms. The van der Waals surface area contributed by atoms with Gasteiger partial charge in [0.05, 0.1) is 12.2 Å². The Morgan fingerprint density at radius 2 is 2.05 bits per heavy atom. The van der Waals surface area contributed by atoms with Crippen LogP contribution in [0.1, 0.15) is 24.0 Å². The molecule has 0 aliphatic carbocycles. The van der Waals surface area contributed by atoms with Crippen molar-refractivity contribution in [3.8, 4) is 0 Å². The molecule has 0 bridgehead atoms. The highest BCUT2D eigenvalue weighted by molar-refractivity contribution is 5.48. The molecule has 2 aromatic rings. The smallest absolute Gasteiger partial charge is 0.146 e. The summed E-state index contributed by atoms with van der Waals surface area (Å²) >= 11 is 0. The van der Waals surface area contributed by atoms with Crippen LogP contribution in [0.5, 0.6) is 0 Å². The molecule has 0 atom stereocenters. The van der Waals surface area contributed by atoms with E-state index in [0.717, 1.165) is 23.6 Å². The fourth-order valence-corrected chi connectivity index (χ4v) is 2.29. The van der Waals surface area contributed by atoms with Crippen molar-refractivity contribution in [1.29, 1.82) is 0 Å². The first-order chi connectivity index (χ1) is 9.65. The molecule has 1 N–H and O–H groups in total. The van der Waals surface area contributed by atoms with Crippen molar-refractivity contribution < 1.29 is 8.81 Å². The number of benzene rings is 1. The number of nitrogens with zero attached hydrogens (tertiary/aromatic N) is 1. The molecule has 0 aliphatic rings. The van der Waals surface area contributed by atoms with Gasteiger partial charge in [0.25, 0.3) is 0 Å². The molecule has 1 heterocycles. The van der Waals surface area contributed by atoms with Crippen molar-refractivity contribution in [3.05, 3.63) is 53.2 Å². The van der Waals surface area contributed by atoms with E-state index in [1.165, 1.54) is 6.07 Å². The van der Waals surface area contributed by atoms with E-state index < -0.39 is 0 Å². The van der Waals surface area contributed by atoms with Gasteiger partial charge in [-0.1, -0.05) is 12.1 Å². The molecule has 0 amide bonds. The Bertz CT molecular complexity index is 565. The number of aryl methyl sites for hydroxylation is 1. The monoisotopic (exact) mass is 276 g/mol. The van der Waals surface area contributed by atoms with Crippen LogP contribution in [0.4, 0.5) is 10.1 Å². The lowest BCUT2D eigenvalue weighted by Crippen LogP contribution is -2.23. The molecule has 108 valence electrons. The lowest BCUT2D eigenvalue weighted by molar-refractivity contribution is 0.469. The Hall–Kier alpha value is -1.81.